The van der Waals surface area contributed by atoms with E-state index in [9.17, 15) is 0 Å². The second kappa shape index (κ2) is 8.43. The fraction of sp³-hybridized carbons (Fsp3) is 0.381. The Balaban J connectivity index is 1.56. The average molecular weight is 323 g/mol. The van der Waals surface area contributed by atoms with Crippen LogP contribution in [0.2, 0.25) is 0 Å². The number of hydrogen-bond donors (Lipinski definition) is 0. The largest absolute Gasteiger partial charge is 0.379 e. The molecule has 0 spiro atoms. The zero-order valence-electron chi connectivity index (χ0n) is 14.6. The Morgan fingerprint density at radius 1 is 0.958 bits per heavy atom. The van der Waals surface area contributed by atoms with Crippen molar-refractivity contribution < 1.29 is 4.74 Å². The summed E-state index contributed by atoms with van der Waals surface area (Å²) < 4.78 is 5.43. The van der Waals surface area contributed by atoms with Gasteiger partial charge in [0.1, 0.15) is 0 Å². The lowest BCUT2D eigenvalue weighted by molar-refractivity contribution is 0.0342. The molecule has 2 aromatic carbocycles. The van der Waals surface area contributed by atoms with Gasteiger partial charge < -0.3 is 4.74 Å². The van der Waals surface area contributed by atoms with E-state index in [1.54, 1.807) is 0 Å². The van der Waals surface area contributed by atoms with E-state index in [2.05, 4.69) is 72.3 Å². The van der Waals surface area contributed by atoms with Crippen molar-refractivity contribution in [2.75, 3.05) is 33.4 Å². The molecular formula is C21H27N2O. The van der Waals surface area contributed by atoms with Crippen LogP contribution in [0.5, 0.6) is 0 Å². The monoisotopic (exact) mass is 323 g/mol. The number of benzene rings is 2. The molecule has 0 saturated carbocycles. The Kier molecular flexibility index (Phi) is 6.02. The van der Waals surface area contributed by atoms with E-state index in [1.807, 2.05) is 0 Å². The molecule has 1 radical (unpaired) electrons. The highest BCUT2D eigenvalue weighted by molar-refractivity contribution is 5.25. The predicted molar refractivity (Wildman–Crippen MR) is 98.6 cm³/mol. The molecule has 1 fully saturated rings. The highest BCUT2D eigenvalue weighted by atomic mass is 16.5. The summed E-state index contributed by atoms with van der Waals surface area (Å²) in [6.07, 6.45) is 0. The van der Waals surface area contributed by atoms with Crippen molar-refractivity contribution >= 4 is 0 Å². The summed E-state index contributed by atoms with van der Waals surface area (Å²) in [6, 6.07) is 17.4. The molecule has 1 aliphatic heterocycles. The summed E-state index contributed by atoms with van der Waals surface area (Å²) in [7, 11) is 2.17. The van der Waals surface area contributed by atoms with Gasteiger partial charge in [0.15, 0.2) is 0 Å². The lowest BCUT2D eigenvalue weighted by Gasteiger charge is -2.26. The van der Waals surface area contributed by atoms with Gasteiger partial charge >= 0.3 is 0 Å². The minimum absolute atomic E-state index is 0.856. The van der Waals surface area contributed by atoms with Crippen LogP contribution < -0.4 is 0 Å². The van der Waals surface area contributed by atoms with Gasteiger partial charge in [0, 0.05) is 32.7 Å². The minimum Gasteiger partial charge on any atom is -0.379 e. The first-order valence-electron chi connectivity index (χ1n) is 8.66. The van der Waals surface area contributed by atoms with Crippen LogP contribution in [-0.2, 0) is 24.4 Å². The third-order valence-electron chi connectivity index (χ3n) is 4.43. The Labute approximate surface area is 145 Å². The first kappa shape index (κ1) is 17.2. The first-order valence-corrected chi connectivity index (χ1v) is 8.66. The van der Waals surface area contributed by atoms with Crippen molar-refractivity contribution in [2.24, 2.45) is 0 Å². The summed E-state index contributed by atoms with van der Waals surface area (Å²) in [5, 5.41) is 0. The van der Waals surface area contributed by atoms with E-state index in [1.165, 1.54) is 16.7 Å². The third kappa shape index (κ3) is 5.17. The lowest BCUT2D eigenvalue weighted by Crippen LogP contribution is -2.35. The third-order valence-corrected chi connectivity index (χ3v) is 4.43. The van der Waals surface area contributed by atoms with Crippen LogP contribution in [0.3, 0.4) is 0 Å². The van der Waals surface area contributed by atoms with E-state index in [-0.39, 0.29) is 0 Å². The van der Waals surface area contributed by atoms with Gasteiger partial charge in [0.05, 0.1) is 13.2 Å². The lowest BCUT2D eigenvalue weighted by atomic mass is 10.1. The number of nitrogens with zero attached hydrogens (tertiary/aromatic N) is 2. The predicted octanol–water partition coefficient (Wildman–Crippen LogP) is 3.33. The smallest absolute Gasteiger partial charge is 0.0594 e. The summed E-state index contributed by atoms with van der Waals surface area (Å²) in [4.78, 5) is 4.82. The second-order valence-electron chi connectivity index (χ2n) is 6.70. The SMILES string of the molecule is [CH2]c1ccc(CN(C)Cc2cccc(CN3CCOCC3)c2)cc1. The normalized spacial score (nSPS) is 15.8. The molecule has 3 heteroatoms. The molecule has 0 bridgehead atoms. The van der Waals surface area contributed by atoms with Gasteiger partial charge in [-0.3, -0.25) is 9.80 Å². The maximum Gasteiger partial charge on any atom is 0.0594 e. The number of morpholine rings is 1. The van der Waals surface area contributed by atoms with Crippen LogP contribution in [-0.4, -0.2) is 43.2 Å². The molecule has 0 aromatic heterocycles. The molecule has 1 heterocycles. The van der Waals surface area contributed by atoms with Gasteiger partial charge in [0.25, 0.3) is 0 Å². The molecule has 3 rings (SSSR count). The van der Waals surface area contributed by atoms with E-state index in [4.69, 9.17) is 4.74 Å². The first-order chi connectivity index (χ1) is 11.7. The van der Waals surface area contributed by atoms with Gasteiger partial charge in [-0.2, -0.15) is 0 Å². The van der Waals surface area contributed by atoms with Crippen molar-refractivity contribution in [3.8, 4) is 0 Å². The molecule has 0 unspecified atom stereocenters. The molecule has 2 aromatic rings. The average Bonchev–Trinajstić information content (AvgIpc) is 2.58. The van der Waals surface area contributed by atoms with Crippen LogP contribution in [0, 0.1) is 6.92 Å². The van der Waals surface area contributed by atoms with Crippen molar-refractivity contribution in [1.82, 2.24) is 9.80 Å². The molecule has 24 heavy (non-hydrogen) atoms. The standard InChI is InChI=1S/C21H27N2O/c1-18-6-8-19(9-7-18)15-22(2)16-20-4-3-5-21(14-20)17-23-10-12-24-13-11-23/h3-9,14H,1,10-13,15-17H2,2H3. The van der Waals surface area contributed by atoms with Crippen molar-refractivity contribution in [3.05, 3.63) is 77.7 Å². The topological polar surface area (TPSA) is 15.7 Å². The van der Waals surface area contributed by atoms with Gasteiger partial charge in [-0.15, -0.1) is 0 Å². The van der Waals surface area contributed by atoms with Crippen molar-refractivity contribution in [3.63, 3.8) is 0 Å². The van der Waals surface area contributed by atoms with E-state index in [0.29, 0.717) is 0 Å². The molecule has 1 aliphatic rings. The van der Waals surface area contributed by atoms with Crippen LogP contribution in [0.15, 0.2) is 48.5 Å². The van der Waals surface area contributed by atoms with Gasteiger partial charge in [-0.05, 0) is 36.2 Å². The van der Waals surface area contributed by atoms with Crippen LogP contribution in [0.25, 0.3) is 0 Å². The Morgan fingerprint density at radius 2 is 1.62 bits per heavy atom. The summed E-state index contributed by atoms with van der Waals surface area (Å²) in [5.74, 6) is 0. The summed E-state index contributed by atoms with van der Waals surface area (Å²) in [5.41, 5.74) is 5.16. The molecule has 0 N–H and O–H groups in total. The molecule has 0 aliphatic carbocycles. The fourth-order valence-electron chi connectivity index (χ4n) is 3.17. The van der Waals surface area contributed by atoms with Crippen molar-refractivity contribution in [1.29, 1.82) is 0 Å². The molecular weight excluding hydrogens is 296 g/mol. The van der Waals surface area contributed by atoms with E-state index < -0.39 is 0 Å². The maximum atomic E-state index is 5.43. The molecule has 0 atom stereocenters. The molecule has 127 valence electrons. The highest BCUT2D eigenvalue weighted by Crippen LogP contribution is 2.13. The second-order valence-corrected chi connectivity index (χ2v) is 6.70. The number of ether oxygens (including phenoxy) is 1. The minimum atomic E-state index is 0.856. The summed E-state index contributed by atoms with van der Waals surface area (Å²) >= 11 is 0. The van der Waals surface area contributed by atoms with Crippen LogP contribution in [0.4, 0.5) is 0 Å². The van der Waals surface area contributed by atoms with Gasteiger partial charge in [-0.25, -0.2) is 0 Å². The Bertz CT molecular complexity index is 633. The maximum absolute atomic E-state index is 5.43. The van der Waals surface area contributed by atoms with Gasteiger partial charge in [-0.1, -0.05) is 48.5 Å². The van der Waals surface area contributed by atoms with Crippen LogP contribution in [0.1, 0.15) is 22.3 Å². The molecule has 1 saturated heterocycles. The zero-order valence-corrected chi connectivity index (χ0v) is 14.6. The Morgan fingerprint density at radius 3 is 2.38 bits per heavy atom. The number of hydrogen-bond acceptors (Lipinski definition) is 3. The zero-order chi connectivity index (χ0) is 16.8. The molecule has 0 amide bonds. The van der Waals surface area contributed by atoms with Gasteiger partial charge in [0.2, 0.25) is 0 Å². The number of rotatable bonds is 6. The van der Waals surface area contributed by atoms with Crippen LogP contribution >= 0.6 is 0 Å². The summed E-state index contributed by atoms with van der Waals surface area (Å²) in [6.45, 7) is 10.7. The highest BCUT2D eigenvalue weighted by Gasteiger charge is 2.11. The fourth-order valence-corrected chi connectivity index (χ4v) is 3.17. The quantitative estimate of drug-likeness (QED) is 0.811. The molecule has 3 nitrogen and oxygen atoms in total. The van der Waals surface area contributed by atoms with Crippen molar-refractivity contribution in [2.45, 2.75) is 19.6 Å². The Hall–Kier alpha value is -1.68. The van der Waals surface area contributed by atoms with E-state index >= 15 is 0 Å². The van der Waals surface area contributed by atoms with E-state index in [0.717, 1.165) is 51.5 Å².